The van der Waals surface area contributed by atoms with Gasteiger partial charge >= 0.3 is 0 Å². The molecule has 0 bridgehead atoms. The van der Waals surface area contributed by atoms with Crippen LogP contribution in [0, 0.1) is 0 Å². The lowest BCUT2D eigenvalue weighted by Gasteiger charge is -2.21. The Morgan fingerprint density at radius 3 is 1.76 bits per heavy atom. The summed E-state index contributed by atoms with van der Waals surface area (Å²) in [6.45, 7) is 4.40. The number of aliphatic hydroxyl groups excluding tert-OH is 1. The minimum absolute atomic E-state index is 0.278. The number of unbranched alkanes of at least 4 members (excludes halogenated alkanes) is 14. The van der Waals surface area contributed by atoms with E-state index in [1.165, 1.54) is 57.4 Å². The second kappa shape index (κ2) is 25.8. The molecule has 38 heavy (non-hydrogen) atoms. The Morgan fingerprint density at radius 1 is 0.711 bits per heavy atom. The number of amides is 1. The number of carbonyl (C=O) groups excluding carboxylic acids is 1. The summed E-state index contributed by atoms with van der Waals surface area (Å²) in [5, 5.41) is 13.0. The number of allylic oxidation sites excluding steroid dienone is 5. The van der Waals surface area contributed by atoms with Crippen molar-refractivity contribution < 1.29 is 22.9 Å². The average Bonchev–Trinajstić information content (AvgIpc) is 2.86. The van der Waals surface area contributed by atoms with Crippen molar-refractivity contribution in [1.29, 1.82) is 0 Å². The first-order valence-corrected chi connectivity index (χ1v) is 16.8. The van der Waals surface area contributed by atoms with E-state index in [0.717, 1.165) is 57.8 Å². The van der Waals surface area contributed by atoms with Crippen LogP contribution in [0.15, 0.2) is 36.5 Å². The fourth-order valence-electron chi connectivity index (χ4n) is 4.24. The van der Waals surface area contributed by atoms with E-state index in [1.54, 1.807) is 0 Å². The Balaban J connectivity index is 4.09. The fraction of sp³-hybridized carbons (Fsp3) is 0.774. The zero-order valence-electron chi connectivity index (χ0n) is 24.3. The topological polar surface area (TPSA) is 104 Å². The minimum Gasteiger partial charge on any atom is -0.387 e. The van der Waals surface area contributed by atoms with Crippen molar-refractivity contribution in [3.05, 3.63) is 36.5 Å². The van der Waals surface area contributed by atoms with Gasteiger partial charge in [-0.15, -0.1) is 0 Å². The second-order valence-corrected chi connectivity index (χ2v) is 11.9. The van der Waals surface area contributed by atoms with Gasteiger partial charge in [0.1, 0.15) is 0 Å². The van der Waals surface area contributed by atoms with E-state index in [1.807, 2.05) is 6.08 Å². The lowest BCUT2D eigenvalue weighted by Crippen LogP contribution is -2.46. The lowest BCUT2D eigenvalue weighted by molar-refractivity contribution is -0.122. The molecule has 2 unspecified atom stereocenters. The van der Waals surface area contributed by atoms with E-state index in [9.17, 15) is 22.9 Å². The van der Waals surface area contributed by atoms with Crippen molar-refractivity contribution in [2.75, 3.05) is 5.75 Å². The van der Waals surface area contributed by atoms with Crippen LogP contribution >= 0.6 is 0 Å². The van der Waals surface area contributed by atoms with E-state index in [0.29, 0.717) is 6.42 Å². The zero-order chi connectivity index (χ0) is 28.3. The first-order chi connectivity index (χ1) is 18.3. The Bertz CT molecular complexity index is 745. The molecular weight excluding hydrogens is 498 g/mol. The number of rotatable bonds is 26. The van der Waals surface area contributed by atoms with E-state index in [4.69, 9.17) is 0 Å². The van der Waals surface area contributed by atoms with Crippen LogP contribution in [0.1, 0.15) is 136 Å². The molecule has 0 spiro atoms. The average molecular weight is 556 g/mol. The summed E-state index contributed by atoms with van der Waals surface area (Å²) in [6, 6.07) is -1.06. The molecule has 0 heterocycles. The molecule has 0 saturated carbocycles. The summed E-state index contributed by atoms with van der Waals surface area (Å²) in [5.41, 5.74) is 0. The number of aliphatic hydroxyl groups is 1. The number of nitrogens with one attached hydrogen (secondary N) is 1. The molecule has 2 atom stereocenters. The summed E-state index contributed by atoms with van der Waals surface area (Å²) in [7, 11) is -4.33. The van der Waals surface area contributed by atoms with E-state index in [-0.39, 0.29) is 12.3 Å². The standard InChI is InChI=1S/C31H57NO5S/c1-3-5-7-9-11-13-14-15-16-17-18-19-21-23-25-27-31(34)32-29(28-38(35,36)37)30(33)26-24-22-20-12-10-8-6-4-2/h11,13,15-16,24,26,29-30,33H,3-10,12,14,17-23,25,27-28H2,1-2H3,(H,32,34)(H,35,36,37)/b13-11-,16-15-,26-24+. The Hall–Kier alpha value is -1.44. The highest BCUT2D eigenvalue weighted by atomic mass is 32.2. The molecule has 0 fully saturated rings. The van der Waals surface area contributed by atoms with Gasteiger partial charge in [-0.3, -0.25) is 9.35 Å². The molecule has 222 valence electrons. The van der Waals surface area contributed by atoms with Gasteiger partial charge in [0.05, 0.1) is 17.9 Å². The van der Waals surface area contributed by atoms with Crippen molar-refractivity contribution in [2.24, 2.45) is 0 Å². The fourth-order valence-corrected chi connectivity index (χ4v) is 4.98. The van der Waals surface area contributed by atoms with Crippen LogP contribution < -0.4 is 5.32 Å². The predicted molar refractivity (Wildman–Crippen MR) is 161 cm³/mol. The molecule has 0 aliphatic carbocycles. The Kier molecular flexibility index (Phi) is 24.8. The summed E-state index contributed by atoms with van der Waals surface area (Å²) in [5.74, 6) is -1.00. The monoisotopic (exact) mass is 555 g/mol. The summed E-state index contributed by atoms with van der Waals surface area (Å²) in [4.78, 5) is 12.3. The van der Waals surface area contributed by atoms with E-state index in [2.05, 4.69) is 43.5 Å². The number of hydrogen-bond donors (Lipinski definition) is 3. The minimum atomic E-state index is -4.33. The second-order valence-electron chi connectivity index (χ2n) is 10.4. The van der Waals surface area contributed by atoms with Gasteiger partial charge in [0.2, 0.25) is 5.91 Å². The van der Waals surface area contributed by atoms with Gasteiger partial charge in [0, 0.05) is 6.42 Å². The third kappa shape index (κ3) is 26.2. The predicted octanol–water partition coefficient (Wildman–Crippen LogP) is 7.84. The first-order valence-electron chi connectivity index (χ1n) is 15.2. The highest BCUT2D eigenvalue weighted by Gasteiger charge is 2.24. The highest BCUT2D eigenvalue weighted by Crippen LogP contribution is 2.10. The normalized spacial score (nSPS) is 14.1. The summed E-state index contributed by atoms with van der Waals surface area (Å²) >= 11 is 0. The summed E-state index contributed by atoms with van der Waals surface area (Å²) < 4.78 is 32.1. The quantitative estimate of drug-likeness (QED) is 0.0573. The molecule has 0 rings (SSSR count). The van der Waals surface area contributed by atoms with Gasteiger partial charge in [-0.25, -0.2) is 0 Å². The van der Waals surface area contributed by atoms with Gasteiger partial charge in [-0.1, -0.05) is 115 Å². The molecule has 0 aliphatic heterocycles. The van der Waals surface area contributed by atoms with Gasteiger partial charge < -0.3 is 10.4 Å². The van der Waals surface area contributed by atoms with Crippen LogP contribution in [0.5, 0.6) is 0 Å². The van der Waals surface area contributed by atoms with Gasteiger partial charge in [-0.2, -0.15) is 8.42 Å². The number of hydrogen-bond acceptors (Lipinski definition) is 4. The van der Waals surface area contributed by atoms with Gasteiger partial charge in [0.25, 0.3) is 10.1 Å². The van der Waals surface area contributed by atoms with Crippen LogP contribution in [0.4, 0.5) is 0 Å². The third-order valence-corrected chi connectivity index (χ3v) is 7.34. The van der Waals surface area contributed by atoms with Crippen molar-refractivity contribution in [2.45, 2.75) is 148 Å². The Labute approximate surface area is 234 Å². The molecule has 0 aromatic rings. The maximum Gasteiger partial charge on any atom is 0.267 e. The van der Waals surface area contributed by atoms with Crippen LogP contribution in [-0.4, -0.2) is 41.9 Å². The molecule has 0 aromatic heterocycles. The van der Waals surface area contributed by atoms with Crippen LogP contribution in [-0.2, 0) is 14.9 Å². The maximum absolute atomic E-state index is 12.3. The van der Waals surface area contributed by atoms with E-state index >= 15 is 0 Å². The lowest BCUT2D eigenvalue weighted by atomic mass is 10.1. The molecule has 0 aromatic carbocycles. The Morgan fingerprint density at radius 2 is 1.18 bits per heavy atom. The van der Waals surface area contributed by atoms with Crippen molar-refractivity contribution in [3.8, 4) is 0 Å². The third-order valence-electron chi connectivity index (χ3n) is 6.56. The molecule has 0 radical (unpaired) electrons. The van der Waals surface area contributed by atoms with Crippen molar-refractivity contribution >= 4 is 16.0 Å². The molecule has 1 amide bonds. The highest BCUT2D eigenvalue weighted by molar-refractivity contribution is 7.85. The van der Waals surface area contributed by atoms with Crippen LogP contribution in [0.25, 0.3) is 0 Å². The smallest absolute Gasteiger partial charge is 0.267 e. The largest absolute Gasteiger partial charge is 0.387 e. The molecule has 0 saturated heterocycles. The van der Waals surface area contributed by atoms with E-state index < -0.39 is 28.0 Å². The van der Waals surface area contributed by atoms with Crippen LogP contribution in [0.2, 0.25) is 0 Å². The van der Waals surface area contributed by atoms with Gasteiger partial charge in [-0.05, 0) is 51.4 Å². The van der Waals surface area contributed by atoms with Crippen LogP contribution in [0.3, 0.4) is 0 Å². The maximum atomic E-state index is 12.3. The molecule has 7 heteroatoms. The van der Waals surface area contributed by atoms with Crippen molar-refractivity contribution in [3.63, 3.8) is 0 Å². The number of carbonyl (C=O) groups is 1. The van der Waals surface area contributed by atoms with Crippen molar-refractivity contribution in [1.82, 2.24) is 5.32 Å². The molecule has 3 N–H and O–H groups in total. The zero-order valence-corrected chi connectivity index (χ0v) is 25.1. The first kappa shape index (κ1) is 36.6. The molecular formula is C31H57NO5S. The summed E-state index contributed by atoms with van der Waals surface area (Å²) in [6.07, 6.45) is 31.3. The SMILES string of the molecule is CCCCC/C=C\C/C=C\CCCCCCCC(=O)NC(CS(=O)(=O)O)C(O)/C=C/CCCCCCCC. The van der Waals surface area contributed by atoms with Gasteiger partial charge in [0.15, 0.2) is 0 Å². The molecule has 6 nitrogen and oxygen atoms in total. The molecule has 0 aliphatic rings.